The van der Waals surface area contributed by atoms with Crippen LogP contribution in [0.4, 0.5) is 0 Å². The molecule has 0 bridgehead atoms. The van der Waals surface area contributed by atoms with Gasteiger partial charge in [-0.2, -0.15) is 5.26 Å². The average molecular weight is 380 g/mol. The molecule has 0 radical (unpaired) electrons. The molecule has 0 saturated heterocycles. The number of carbonyl (C=O) groups is 1. The van der Waals surface area contributed by atoms with Crippen molar-refractivity contribution in [2.45, 2.75) is 63.8 Å². The third kappa shape index (κ3) is 6.49. The lowest BCUT2D eigenvalue weighted by Gasteiger charge is -2.32. The number of hydrogen-bond donors (Lipinski definition) is 1. The molecule has 1 aliphatic heterocycles. The summed E-state index contributed by atoms with van der Waals surface area (Å²) in [5, 5.41) is 11.7. The number of carbonyl (C=O) groups excluding carboxylic acids is 1. The van der Waals surface area contributed by atoms with Gasteiger partial charge in [-0.25, -0.2) is 0 Å². The van der Waals surface area contributed by atoms with Crippen molar-refractivity contribution in [1.29, 1.82) is 5.26 Å². The second kappa shape index (κ2) is 11.0. The Kier molecular flexibility index (Phi) is 8.11. The van der Waals surface area contributed by atoms with Crippen molar-refractivity contribution in [2.24, 2.45) is 5.92 Å². The number of nitrogens with one attached hydrogen (secondary N) is 1. The molecule has 0 atom stereocenters. The van der Waals surface area contributed by atoms with Crippen LogP contribution in [0.2, 0.25) is 0 Å². The van der Waals surface area contributed by atoms with E-state index in [0.717, 1.165) is 38.3 Å². The third-order valence-electron chi connectivity index (χ3n) is 6.20. The lowest BCUT2D eigenvalue weighted by atomic mass is 9.84. The highest BCUT2D eigenvalue weighted by Gasteiger charge is 2.23. The highest BCUT2D eigenvalue weighted by molar-refractivity contribution is 5.76. The first-order chi connectivity index (χ1) is 13.7. The zero-order valence-corrected chi connectivity index (χ0v) is 16.9. The van der Waals surface area contributed by atoms with Gasteiger partial charge in [0.25, 0.3) is 0 Å². The molecule has 1 aromatic rings. The topological polar surface area (TPSA) is 56.1 Å². The molecule has 1 saturated carbocycles. The second-order valence-electron chi connectivity index (χ2n) is 8.23. The van der Waals surface area contributed by atoms with Crippen LogP contribution >= 0.6 is 0 Å². The highest BCUT2D eigenvalue weighted by atomic mass is 16.1. The maximum Gasteiger partial charge on any atom is 0.220 e. The molecule has 1 aromatic carbocycles. The van der Waals surface area contributed by atoms with Gasteiger partial charge in [-0.1, -0.05) is 36.4 Å². The lowest BCUT2D eigenvalue weighted by molar-refractivity contribution is -0.122. The van der Waals surface area contributed by atoms with Crippen LogP contribution in [-0.4, -0.2) is 36.5 Å². The molecule has 1 fully saturated rings. The molecular weight excluding hydrogens is 346 g/mol. The Bertz CT molecular complexity index is 684. The van der Waals surface area contributed by atoms with Crippen LogP contribution in [0.5, 0.6) is 0 Å². The van der Waals surface area contributed by atoms with E-state index in [1.807, 2.05) is 0 Å². The molecule has 150 valence electrons. The van der Waals surface area contributed by atoms with Crippen LogP contribution in [0.3, 0.4) is 0 Å². The van der Waals surface area contributed by atoms with Gasteiger partial charge >= 0.3 is 0 Å². The fraction of sp³-hybridized carbons (Fsp3) is 0.583. The maximum atomic E-state index is 11.9. The van der Waals surface area contributed by atoms with Crippen LogP contribution in [0.15, 0.2) is 36.4 Å². The van der Waals surface area contributed by atoms with E-state index < -0.39 is 0 Å². The average Bonchev–Trinajstić information content (AvgIpc) is 2.74. The first-order valence-electron chi connectivity index (χ1n) is 10.9. The molecule has 28 heavy (non-hydrogen) atoms. The van der Waals surface area contributed by atoms with E-state index in [0.29, 0.717) is 25.3 Å². The number of benzene rings is 1. The standard InChI is InChI=1S/C24H33N3O/c25-16-5-4-8-24(28)26-23-11-9-20(10-12-23)13-17-27-18-14-22(15-19-27)21-6-2-1-3-7-21/h1-3,6-7,14,20,23H,4-5,8-13,15,17-19H2,(H,26,28)/t20-,23-. The highest BCUT2D eigenvalue weighted by Crippen LogP contribution is 2.28. The van der Waals surface area contributed by atoms with Gasteiger partial charge in [0.05, 0.1) is 6.07 Å². The van der Waals surface area contributed by atoms with E-state index >= 15 is 0 Å². The van der Waals surface area contributed by atoms with E-state index in [1.165, 1.54) is 36.9 Å². The summed E-state index contributed by atoms with van der Waals surface area (Å²) in [6.07, 6.45) is 11.1. The van der Waals surface area contributed by atoms with Crippen molar-refractivity contribution in [3.8, 4) is 6.07 Å². The normalized spacial score (nSPS) is 22.9. The Labute approximate surface area is 169 Å². The van der Waals surface area contributed by atoms with E-state index in [9.17, 15) is 4.79 Å². The van der Waals surface area contributed by atoms with Crippen LogP contribution in [-0.2, 0) is 4.79 Å². The Morgan fingerprint density at radius 3 is 2.64 bits per heavy atom. The molecule has 1 heterocycles. The van der Waals surface area contributed by atoms with Gasteiger partial charge in [-0.05, 0) is 68.5 Å². The molecule has 2 aliphatic rings. The first-order valence-corrected chi connectivity index (χ1v) is 10.9. The molecule has 4 nitrogen and oxygen atoms in total. The molecule has 0 unspecified atom stereocenters. The van der Waals surface area contributed by atoms with Crippen LogP contribution in [0.25, 0.3) is 5.57 Å². The van der Waals surface area contributed by atoms with Gasteiger partial charge in [0.15, 0.2) is 0 Å². The summed E-state index contributed by atoms with van der Waals surface area (Å²) in [5.74, 6) is 0.916. The molecule has 1 amide bonds. The maximum absolute atomic E-state index is 11.9. The smallest absolute Gasteiger partial charge is 0.220 e. The zero-order valence-electron chi connectivity index (χ0n) is 16.9. The second-order valence-corrected chi connectivity index (χ2v) is 8.23. The minimum absolute atomic E-state index is 0.119. The summed E-state index contributed by atoms with van der Waals surface area (Å²) >= 11 is 0. The summed E-state index contributed by atoms with van der Waals surface area (Å²) in [7, 11) is 0. The van der Waals surface area contributed by atoms with Crippen LogP contribution in [0.1, 0.15) is 63.4 Å². The molecular formula is C24H33N3O. The Hall–Kier alpha value is -2.12. The summed E-state index contributed by atoms with van der Waals surface area (Å²) in [5.41, 5.74) is 2.86. The van der Waals surface area contributed by atoms with Crippen molar-refractivity contribution in [3.05, 3.63) is 42.0 Å². The van der Waals surface area contributed by atoms with Crippen molar-refractivity contribution >= 4 is 11.5 Å². The van der Waals surface area contributed by atoms with Gasteiger partial charge in [0.2, 0.25) is 5.91 Å². The number of amides is 1. The Balaban J connectivity index is 1.31. The van der Waals surface area contributed by atoms with E-state index in [1.54, 1.807) is 0 Å². The van der Waals surface area contributed by atoms with E-state index in [-0.39, 0.29) is 5.91 Å². The number of nitrogens with zero attached hydrogens (tertiary/aromatic N) is 2. The Morgan fingerprint density at radius 2 is 1.96 bits per heavy atom. The fourth-order valence-corrected chi connectivity index (χ4v) is 4.42. The van der Waals surface area contributed by atoms with Gasteiger partial charge in [-0.3, -0.25) is 9.69 Å². The molecule has 1 aliphatic carbocycles. The molecule has 1 N–H and O–H groups in total. The summed E-state index contributed by atoms with van der Waals surface area (Å²) in [4.78, 5) is 14.5. The van der Waals surface area contributed by atoms with E-state index in [4.69, 9.17) is 5.26 Å². The zero-order chi connectivity index (χ0) is 19.6. The van der Waals surface area contributed by atoms with Crippen molar-refractivity contribution in [2.75, 3.05) is 19.6 Å². The number of unbranched alkanes of at least 4 members (excludes halogenated alkanes) is 1. The fourth-order valence-electron chi connectivity index (χ4n) is 4.42. The monoisotopic (exact) mass is 379 g/mol. The number of rotatable bonds is 8. The quantitative estimate of drug-likeness (QED) is 0.675. The molecule has 0 spiro atoms. The van der Waals surface area contributed by atoms with Gasteiger partial charge < -0.3 is 5.32 Å². The van der Waals surface area contributed by atoms with Crippen molar-refractivity contribution in [1.82, 2.24) is 10.2 Å². The summed E-state index contributed by atoms with van der Waals surface area (Å²) < 4.78 is 0. The minimum atomic E-state index is 0.119. The van der Waals surface area contributed by atoms with Crippen molar-refractivity contribution < 1.29 is 4.79 Å². The Morgan fingerprint density at radius 1 is 1.18 bits per heavy atom. The SMILES string of the molecule is N#CCCCC(=O)N[C@H]1CC[C@H](CCN2CC=C(c3ccccc3)CC2)CC1. The van der Waals surface area contributed by atoms with Crippen LogP contribution in [0, 0.1) is 17.2 Å². The van der Waals surface area contributed by atoms with Crippen LogP contribution < -0.4 is 5.32 Å². The largest absolute Gasteiger partial charge is 0.353 e. The van der Waals surface area contributed by atoms with Gasteiger partial charge in [0.1, 0.15) is 0 Å². The third-order valence-corrected chi connectivity index (χ3v) is 6.20. The summed E-state index contributed by atoms with van der Waals surface area (Å²) in [6.45, 7) is 3.42. The van der Waals surface area contributed by atoms with Gasteiger partial charge in [0, 0.05) is 32.0 Å². The number of hydrogen-bond acceptors (Lipinski definition) is 3. The molecule has 4 heteroatoms. The van der Waals surface area contributed by atoms with Crippen molar-refractivity contribution in [3.63, 3.8) is 0 Å². The summed E-state index contributed by atoms with van der Waals surface area (Å²) in [6, 6.07) is 13.2. The predicted molar refractivity (Wildman–Crippen MR) is 113 cm³/mol. The first kappa shape index (κ1) is 20.6. The number of nitriles is 1. The molecule has 3 rings (SSSR count). The van der Waals surface area contributed by atoms with Gasteiger partial charge in [-0.15, -0.1) is 0 Å². The molecule has 0 aromatic heterocycles. The van der Waals surface area contributed by atoms with E-state index in [2.05, 4.69) is 52.7 Å². The predicted octanol–water partition coefficient (Wildman–Crippen LogP) is 4.53. The lowest BCUT2D eigenvalue weighted by Crippen LogP contribution is -2.38. The minimum Gasteiger partial charge on any atom is -0.353 e.